The van der Waals surface area contributed by atoms with Gasteiger partial charge in [-0.2, -0.15) is 0 Å². The van der Waals surface area contributed by atoms with Gasteiger partial charge in [0.05, 0.1) is 0 Å². The van der Waals surface area contributed by atoms with Gasteiger partial charge in [0.15, 0.2) is 0 Å². The van der Waals surface area contributed by atoms with Crippen molar-refractivity contribution in [2.24, 2.45) is 0 Å². The lowest BCUT2D eigenvalue weighted by molar-refractivity contribution is 0.356. The lowest BCUT2D eigenvalue weighted by Crippen LogP contribution is -2.01. The molecule has 2 atom stereocenters. The van der Waals surface area contributed by atoms with Crippen LogP contribution in [0, 0.1) is 0 Å². The molecule has 1 saturated heterocycles. The number of ether oxygens (including phenoxy) is 1. The van der Waals surface area contributed by atoms with Crippen molar-refractivity contribution in [3.05, 3.63) is 25.3 Å². The Morgan fingerprint density at radius 1 is 1.62 bits per heavy atom. The molecule has 8 heavy (non-hydrogen) atoms. The van der Waals surface area contributed by atoms with Gasteiger partial charge in [-0.3, -0.25) is 0 Å². The molecule has 2 unspecified atom stereocenters. The minimum absolute atomic E-state index is 0.0955. The second-order valence-electron chi connectivity index (χ2n) is 2.16. The average Bonchev–Trinajstić information content (AvgIpc) is 2.44. The van der Waals surface area contributed by atoms with Crippen LogP contribution in [0.15, 0.2) is 25.3 Å². The Morgan fingerprint density at radius 2 is 2.25 bits per heavy atom. The van der Waals surface area contributed by atoms with Crippen molar-refractivity contribution in [3.63, 3.8) is 0 Å². The molecule has 0 aromatic heterocycles. The van der Waals surface area contributed by atoms with Crippen molar-refractivity contribution in [1.82, 2.24) is 0 Å². The predicted molar refractivity (Wildman–Crippen MR) is 33.7 cm³/mol. The van der Waals surface area contributed by atoms with E-state index in [1.807, 2.05) is 6.92 Å². The molecule has 0 aromatic rings. The third-order valence-electron chi connectivity index (χ3n) is 1.51. The second kappa shape index (κ2) is 1.46. The molecule has 1 heteroatoms. The number of hydrogen-bond donors (Lipinski definition) is 0. The van der Waals surface area contributed by atoms with E-state index in [0.717, 1.165) is 0 Å². The van der Waals surface area contributed by atoms with Gasteiger partial charge < -0.3 is 4.74 Å². The van der Waals surface area contributed by atoms with Crippen molar-refractivity contribution in [3.8, 4) is 0 Å². The van der Waals surface area contributed by atoms with Crippen LogP contribution in [0.4, 0.5) is 0 Å². The largest absolute Gasteiger partial charge is 0.358 e. The van der Waals surface area contributed by atoms with E-state index in [0.29, 0.717) is 0 Å². The summed E-state index contributed by atoms with van der Waals surface area (Å²) in [5, 5.41) is 0. The molecule has 1 rings (SSSR count). The van der Waals surface area contributed by atoms with Gasteiger partial charge in [-0.25, -0.2) is 0 Å². The first kappa shape index (κ1) is 5.57. The standard InChI is InChI=1S/C7H10O/c1-4-6-7(3,5-2)8-6/h4-6H,1-2H2,3H3. The Kier molecular flexibility index (Phi) is 1.01. The summed E-state index contributed by atoms with van der Waals surface area (Å²) >= 11 is 0. The zero-order valence-electron chi connectivity index (χ0n) is 5.05. The van der Waals surface area contributed by atoms with Crippen LogP contribution in [0.25, 0.3) is 0 Å². The zero-order chi connectivity index (χ0) is 6.20. The molecular weight excluding hydrogens is 100 g/mol. The first-order valence-electron chi connectivity index (χ1n) is 2.67. The van der Waals surface area contributed by atoms with Gasteiger partial charge in [0.25, 0.3) is 0 Å². The van der Waals surface area contributed by atoms with Gasteiger partial charge in [-0.05, 0) is 6.92 Å². The summed E-state index contributed by atoms with van der Waals surface area (Å²) in [6.45, 7) is 9.21. The Balaban J connectivity index is 2.54. The summed E-state index contributed by atoms with van der Waals surface area (Å²) in [7, 11) is 0. The fraction of sp³-hybridized carbons (Fsp3) is 0.429. The molecule has 0 radical (unpaired) electrons. The smallest absolute Gasteiger partial charge is 0.114 e. The third-order valence-corrected chi connectivity index (χ3v) is 1.51. The minimum Gasteiger partial charge on any atom is -0.358 e. The van der Waals surface area contributed by atoms with E-state index >= 15 is 0 Å². The van der Waals surface area contributed by atoms with Gasteiger partial charge in [0.1, 0.15) is 11.7 Å². The van der Waals surface area contributed by atoms with Gasteiger partial charge >= 0.3 is 0 Å². The van der Waals surface area contributed by atoms with Crippen LogP contribution in [0.3, 0.4) is 0 Å². The SMILES string of the molecule is C=CC1OC1(C)C=C. The lowest BCUT2D eigenvalue weighted by Gasteiger charge is -1.89. The van der Waals surface area contributed by atoms with Crippen LogP contribution in [0.2, 0.25) is 0 Å². The van der Waals surface area contributed by atoms with Gasteiger partial charge in [-0.15, -0.1) is 13.2 Å². The molecule has 0 aliphatic carbocycles. The molecule has 1 aliphatic rings. The summed E-state index contributed by atoms with van der Waals surface area (Å²) < 4.78 is 5.17. The van der Waals surface area contributed by atoms with Crippen LogP contribution in [0.1, 0.15) is 6.92 Å². The van der Waals surface area contributed by atoms with Gasteiger partial charge in [-0.1, -0.05) is 12.2 Å². The molecule has 44 valence electrons. The molecule has 0 bridgehead atoms. The summed E-state index contributed by atoms with van der Waals surface area (Å²) in [6.07, 6.45) is 3.81. The first-order valence-corrected chi connectivity index (χ1v) is 2.67. The lowest BCUT2D eigenvalue weighted by atomic mass is 10.1. The monoisotopic (exact) mass is 110 g/mol. The van der Waals surface area contributed by atoms with E-state index in [9.17, 15) is 0 Å². The minimum atomic E-state index is -0.0955. The quantitative estimate of drug-likeness (QED) is 0.388. The Bertz CT molecular complexity index is 128. The average molecular weight is 110 g/mol. The molecule has 0 saturated carbocycles. The highest BCUT2D eigenvalue weighted by Gasteiger charge is 2.47. The van der Waals surface area contributed by atoms with Crippen LogP contribution < -0.4 is 0 Å². The van der Waals surface area contributed by atoms with Crippen molar-refractivity contribution < 1.29 is 4.74 Å². The normalized spacial score (nSPS) is 43.4. The van der Waals surface area contributed by atoms with E-state index in [-0.39, 0.29) is 11.7 Å². The summed E-state index contributed by atoms with van der Waals surface area (Å²) in [5.41, 5.74) is -0.0955. The van der Waals surface area contributed by atoms with E-state index in [4.69, 9.17) is 4.74 Å². The number of epoxide rings is 1. The molecule has 0 spiro atoms. The van der Waals surface area contributed by atoms with E-state index in [1.54, 1.807) is 12.2 Å². The van der Waals surface area contributed by atoms with Crippen LogP contribution in [-0.2, 0) is 4.74 Å². The predicted octanol–water partition coefficient (Wildman–Crippen LogP) is 1.52. The van der Waals surface area contributed by atoms with Gasteiger partial charge in [0, 0.05) is 0 Å². The molecule has 1 aliphatic heterocycles. The van der Waals surface area contributed by atoms with Crippen molar-refractivity contribution in [1.29, 1.82) is 0 Å². The van der Waals surface area contributed by atoms with Crippen molar-refractivity contribution in [2.45, 2.75) is 18.6 Å². The highest BCUT2D eigenvalue weighted by Crippen LogP contribution is 2.37. The fourth-order valence-corrected chi connectivity index (χ4v) is 0.686. The fourth-order valence-electron chi connectivity index (χ4n) is 0.686. The molecule has 1 nitrogen and oxygen atoms in total. The Labute approximate surface area is 49.7 Å². The van der Waals surface area contributed by atoms with Crippen LogP contribution in [-0.4, -0.2) is 11.7 Å². The molecule has 1 heterocycles. The van der Waals surface area contributed by atoms with Crippen LogP contribution in [0.5, 0.6) is 0 Å². The van der Waals surface area contributed by atoms with E-state index in [2.05, 4.69) is 13.2 Å². The zero-order valence-corrected chi connectivity index (χ0v) is 5.05. The molecule has 0 aromatic carbocycles. The maximum atomic E-state index is 5.17. The molecule has 0 N–H and O–H groups in total. The number of rotatable bonds is 2. The maximum Gasteiger partial charge on any atom is 0.114 e. The Hall–Kier alpha value is -0.560. The summed E-state index contributed by atoms with van der Waals surface area (Å²) in [5.74, 6) is 0. The Morgan fingerprint density at radius 3 is 2.38 bits per heavy atom. The van der Waals surface area contributed by atoms with Gasteiger partial charge in [0.2, 0.25) is 0 Å². The van der Waals surface area contributed by atoms with Crippen molar-refractivity contribution >= 4 is 0 Å². The highest BCUT2D eigenvalue weighted by molar-refractivity contribution is 5.17. The molecule has 1 fully saturated rings. The van der Waals surface area contributed by atoms with E-state index < -0.39 is 0 Å². The first-order chi connectivity index (χ1) is 3.73. The molecular formula is C7H10O. The van der Waals surface area contributed by atoms with Crippen LogP contribution >= 0.6 is 0 Å². The maximum absolute atomic E-state index is 5.17. The second-order valence-corrected chi connectivity index (χ2v) is 2.16. The molecule has 0 amide bonds. The number of hydrogen-bond acceptors (Lipinski definition) is 1. The summed E-state index contributed by atoms with van der Waals surface area (Å²) in [6, 6.07) is 0. The third kappa shape index (κ3) is 0.594. The van der Waals surface area contributed by atoms with E-state index in [1.165, 1.54) is 0 Å². The van der Waals surface area contributed by atoms with Crippen molar-refractivity contribution in [2.75, 3.05) is 0 Å². The topological polar surface area (TPSA) is 12.5 Å². The summed E-state index contributed by atoms with van der Waals surface area (Å²) in [4.78, 5) is 0. The highest BCUT2D eigenvalue weighted by atomic mass is 16.6.